The van der Waals surface area contributed by atoms with Crippen molar-refractivity contribution in [3.63, 3.8) is 0 Å². The molecule has 5 heteroatoms. The Hall–Kier alpha value is -2.43. The summed E-state index contributed by atoms with van der Waals surface area (Å²) in [5, 5.41) is 0. The first-order chi connectivity index (χ1) is 16.6. The third-order valence-corrected chi connectivity index (χ3v) is 6.05. The Kier molecular flexibility index (Phi) is 14.0. The zero-order valence-electron chi connectivity index (χ0n) is 21.6. The molecule has 1 atom stereocenters. The fourth-order valence-electron chi connectivity index (χ4n) is 4.07. The minimum atomic E-state index is -0.197. The Balaban J connectivity index is 1.61. The van der Waals surface area contributed by atoms with Crippen LogP contribution in [0.2, 0.25) is 0 Å². The number of unbranched alkanes of at least 4 members (excludes halogenated alkanes) is 9. The molecule has 1 heterocycles. The van der Waals surface area contributed by atoms with Gasteiger partial charge in [-0.1, -0.05) is 82.6 Å². The summed E-state index contributed by atoms with van der Waals surface area (Å²) in [5.41, 5.74) is 2.34. The second-order valence-corrected chi connectivity index (χ2v) is 9.28. The summed E-state index contributed by atoms with van der Waals surface area (Å²) in [6.07, 6.45) is 19.2. The van der Waals surface area contributed by atoms with Gasteiger partial charge in [-0.15, -0.1) is 0 Å². The van der Waals surface area contributed by atoms with Gasteiger partial charge in [-0.05, 0) is 44.6 Å². The summed E-state index contributed by atoms with van der Waals surface area (Å²) >= 11 is 0. The van der Waals surface area contributed by atoms with E-state index in [2.05, 4.69) is 41.2 Å². The maximum Gasteiger partial charge on any atom is 0.302 e. The van der Waals surface area contributed by atoms with E-state index in [0.29, 0.717) is 0 Å². The maximum atomic E-state index is 10.9. The molecule has 0 N–H and O–H groups in total. The largest absolute Gasteiger partial charge is 0.490 e. The van der Waals surface area contributed by atoms with Crippen LogP contribution in [0.3, 0.4) is 0 Å². The van der Waals surface area contributed by atoms with Gasteiger partial charge in [-0.3, -0.25) is 4.79 Å². The first-order valence-corrected chi connectivity index (χ1v) is 13.3. The van der Waals surface area contributed by atoms with Crippen LogP contribution < -0.4 is 4.74 Å². The van der Waals surface area contributed by atoms with Crippen molar-refractivity contribution in [2.75, 3.05) is 6.61 Å². The molecule has 2 rings (SSSR count). The zero-order valence-corrected chi connectivity index (χ0v) is 21.6. The molecule has 1 aromatic carbocycles. The Labute approximate surface area is 206 Å². The molecule has 0 aliphatic heterocycles. The van der Waals surface area contributed by atoms with Crippen molar-refractivity contribution in [3.05, 3.63) is 42.2 Å². The molecule has 1 unspecified atom stereocenters. The summed E-state index contributed by atoms with van der Waals surface area (Å²) < 4.78 is 11.0. The molecule has 2 aromatic rings. The molecule has 0 radical (unpaired) electrons. The normalized spacial score (nSPS) is 11.9. The summed E-state index contributed by atoms with van der Waals surface area (Å²) in [4.78, 5) is 19.9. The van der Waals surface area contributed by atoms with Gasteiger partial charge < -0.3 is 9.47 Å². The fraction of sp³-hybridized carbons (Fsp3) is 0.621. The van der Waals surface area contributed by atoms with Crippen LogP contribution in [0.15, 0.2) is 36.7 Å². The number of aryl methyl sites for hydroxylation is 1. The van der Waals surface area contributed by atoms with Crippen LogP contribution >= 0.6 is 0 Å². The molecule has 0 aliphatic carbocycles. The van der Waals surface area contributed by atoms with Gasteiger partial charge in [-0.25, -0.2) is 9.97 Å². The second kappa shape index (κ2) is 17.1. The van der Waals surface area contributed by atoms with Crippen LogP contribution in [-0.4, -0.2) is 28.6 Å². The minimum absolute atomic E-state index is 0.0127. The van der Waals surface area contributed by atoms with Crippen molar-refractivity contribution in [2.45, 2.75) is 110 Å². The van der Waals surface area contributed by atoms with E-state index in [4.69, 9.17) is 9.47 Å². The highest BCUT2D eigenvalue weighted by molar-refractivity contribution is 5.66. The number of nitrogens with zero attached hydrogens (tertiary/aromatic N) is 2. The van der Waals surface area contributed by atoms with E-state index in [1.165, 1.54) is 57.4 Å². The van der Waals surface area contributed by atoms with E-state index in [9.17, 15) is 4.79 Å². The van der Waals surface area contributed by atoms with Crippen molar-refractivity contribution in [1.29, 1.82) is 0 Å². The molecule has 1 aromatic heterocycles. The van der Waals surface area contributed by atoms with Crippen LogP contribution in [0, 0.1) is 0 Å². The molecule has 0 bridgehead atoms. The molecule has 34 heavy (non-hydrogen) atoms. The molecular formula is C29H44N2O3. The lowest BCUT2D eigenvalue weighted by Crippen LogP contribution is -2.11. The molecule has 0 aliphatic rings. The Morgan fingerprint density at radius 2 is 1.47 bits per heavy atom. The van der Waals surface area contributed by atoms with E-state index < -0.39 is 0 Å². The van der Waals surface area contributed by atoms with Gasteiger partial charge in [0.1, 0.15) is 0 Å². The molecule has 0 saturated carbocycles. The molecule has 0 amide bonds. The van der Waals surface area contributed by atoms with E-state index in [0.717, 1.165) is 62.3 Å². The molecular weight excluding hydrogens is 424 g/mol. The van der Waals surface area contributed by atoms with Crippen molar-refractivity contribution in [3.8, 4) is 17.1 Å². The van der Waals surface area contributed by atoms with Gasteiger partial charge >= 0.3 is 5.97 Å². The second-order valence-electron chi connectivity index (χ2n) is 9.28. The standard InChI is InChI=1S/C29H44N2O3/c1-4-5-6-7-8-9-10-14-21-33-28-22-30-29(31-23-28)27-19-17-26(18-20-27)16-13-11-12-15-24(2)34-25(3)32/h17-20,22-24H,4-16,21H2,1-3H3. The van der Waals surface area contributed by atoms with E-state index >= 15 is 0 Å². The van der Waals surface area contributed by atoms with Crippen LogP contribution in [0.4, 0.5) is 0 Å². The average molecular weight is 469 g/mol. The highest BCUT2D eigenvalue weighted by Gasteiger charge is 2.06. The van der Waals surface area contributed by atoms with Crippen molar-refractivity contribution < 1.29 is 14.3 Å². The first kappa shape index (κ1) is 27.8. The quantitative estimate of drug-likeness (QED) is 0.165. The maximum absolute atomic E-state index is 10.9. The number of esters is 1. The third kappa shape index (κ3) is 12.2. The van der Waals surface area contributed by atoms with Gasteiger partial charge in [0.05, 0.1) is 25.1 Å². The van der Waals surface area contributed by atoms with E-state index in [1.807, 2.05) is 6.92 Å². The number of benzene rings is 1. The monoisotopic (exact) mass is 468 g/mol. The van der Waals surface area contributed by atoms with Crippen LogP contribution in [-0.2, 0) is 16.0 Å². The summed E-state index contributed by atoms with van der Waals surface area (Å²) in [6, 6.07) is 8.50. The lowest BCUT2D eigenvalue weighted by molar-refractivity contribution is -0.145. The summed E-state index contributed by atoms with van der Waals surface area (Å²) in [5.74, 6) is 1.27. The van der Waals surface area contributed by atoms with Gasteiger partial charge in [-0.2, -0.15) is 0 Å². The summed E-state index contributed by atoms with van der Waals surface area (Å²) in [7, 11) is 0. The van der Waals surface area contributed by atoms with Crippen molar-refractivity contribution in [2.24, 2.45) is 0 Å². The smallest absolute Gasteiger partial charge is 0.302 e. The molecule has 0 spiro atoms. The predicted molar refractivity (Wildman–Crippen MR) is 139 cm³/mol. The number of aromatic nitrogens is 2. The lowest BCUT2D eigenvalue weighted by Gasteiger charge is -2.11. The predicted octanol–water partition coefficient (Wildman–Crippen LogP) is 7.72. The lowest BCUT2D eigenvalue weighted by atomic mass is 10.0. The summed E-state index contributed by atoms with van der Waals surface area (Å²) in [6.45, 7) is 6.41. The van der Waals surface area contributed by atoms with Gasteiger partial charge in [0, 0.05) is 12.5 Å². The number of hydrogen-bond donors (Lipinski definition) is 0. The van der Waals surface area contributed by atoms with Crippen molar-refractivity contribution >= 4 is 5.97 Å². The minimum Gasteiger partial charge on any atom is -0.490 e. The van der Waals surface area contributed by atoms with Crippen molar-refractivity contribution in [1.82, 2.24) is 9.97 Å². The first-order valence-electron chi connectivity index (χ1n) is 13.3. The number of carbonyl (C=O) groups excluding carboxylic acids is 1. The molecule has 0 saturated heterocycles. The third-order valence-electron chi connectivity index (χ3n) is 6.05. The topological polar surface area (TPSA) is 61.3 Å². The van der Waals surface area contributed by atoms with E-state index in [1.54, 1.807) is 12.4 Å². The van der Waals surface area contributed by atoms with E-state index in [-0.39, 0.29) is 12.1 Å². The molecule has 5 nitrogen and oxygen atoms in total. The SMILES string of the molecule is CCCCCCCCCCOc1cnc(-c2ccc(CCCCCC(C)OC(C)=O)cc2)nc1. The Morgan fingerprint density at radius 3 is 2.12 bits per heavy atom. The number of carbonyl (C=O) groups is 1. The number of rotatable bonds is 18. The van der Waals surface area contributed by atoms with Gasteiger partial charge in [0.2, 0.25) is 0 Å². The van der Waals surface area contributed by atoms with Crippen LogP contribution in [0.1, 0.15) is 103 Å². The van der Waals surface area contributed by atoms with Crippen LogP contribution in [0.25, 0.3) is 11.4 Å². The van der Waals surface area contributed by atoms with Crippen LogP contribution in [0.5, 0.6) is 5.75 Å². The average Bonchev–Trinajstić information content (AvgIpc) is 2.83. The Bertz CT molecular complexity index is 790. The zero-order chi connectivity index (χ0) is 24.4. The van der Waals surface area contributed by atoms with Gasteiger partial charge in [0.15, 0.2) is 11.6 Å². The highest BCUT2D eigenvalue weighted by Crippen LogP contribution is 2.19. The van der Waals surface area contributed by atoms with Gasteiger partial charge in [0.25, 0.3) is 0 Å². The highest BCUT2D eigenvalue weighted by atomic mass is 16.5. The Morgan fingerprint density at radius 1 is 0.853 bits per heavy atom. The number of hydrogen-bond acceptors (Lipinski definition) is 5. The number of ether oxygens (including phenoxy) is 2. The molecule has 188 valence electrons. The molecule has 0 fully saturated rings. The fourth-order valence-corrected chi connectivity index (χ4v) is 4.07.